The standard InChI is InChI=1S/C27H26N10O/c1-17-15-37(16-31-17)27-24-22(4-5-29-27)32-26(33-24)23-21-11-19(13-30-25(21)35-34-23)18-10-20(14-28-12-18)38-9-8-36-6-2-3-7-36/h4-5,10-16H,2-3,6-9H2,1H3,(H,32,33)(H,30,34,35). The highest BCUT2D eigenvalue weighted by molar-refractivity contribution is 5.94. The number of fused-ring (bicyclic) bond motifs is 2. The van der Waals surface area contributed by atoms with Crippen molar-refractivity contribution in [2.24, 2.45) is 0 Å². The molecule has 1 saturated heterocycles. The van der Waals surface area contributed by atoms with Gasteiger partial charge in [-0.3, -0.25) is 19.5 Å². The summed E-state index contributed by atoms with van der Waals surface area (Å²) in [4.78, 5) is 28.6. The van der Waals surface area contributed by atoms with Crippen molar-refractivity contribution in [3.8, 4) is 34.2 Å². The Hall–Kier alpha value is -4.64. The third-order valence-corrected chi connectivity index (χ3v) is 6.91. The molecule has 1 fully saturated rings. The van der Waals surface area contributed by atoms with Crippen molar-refractivity contribution >= 4 is 22.1 Å². The van der Waals surface area contributed by atoms with E-state index < -0.39 is 0 Å². The third-order valence-electron chi connectivity index (χ3n) is 6.91. The number of aromatic amines is 2. The van der Waals surface area contributed by atoms with Crippen LogP contribution in [0.3, 0.4) is 0 Å². The van der Waals surface area contributed by atoms with Crippen LogP contribution < -0.4 is 4.74 Å². The average Bonchev–Trinajstić information content (AvgIpc) is 3.74. The highest BCUT2D eigenvalue weighted by Gasteiger charge is 2.17. The Morgan fingerprint density at radius 3 is 2.79 bits per heavy atom. The number of nitrogens with zero attached hydrogens (tertiary/aromatic N) is 8. The zero-order valence-electron chi connectivity index (χ0n) is 20.9. The Kier molecular flexibility index (Phi) is 5.54. The van der Waals surface area contributed by atoms with Crippen LogP contribution in [0.15, 0.2) is 55.5 Å². The van der Waals surface area contributed by atoms with Gasteiger partial charge in [0, 0.05) is 42.5 Å². The van der Waals surface area contributed by atoms with Crippen LogP contribution in [0.5, 0.6) is 5.75 Å². The Labute approximate surface area is 218 Å². The Morgan fingerprint density at radius 2 is 1.92 bits per heavy atom. The molecule has 0 aliphatic carbocycles. The molecule has 0 aromatic carbocycles. The molecule has 0 bridgehead atoms. The Bertz CT molecular complexity index is 1740. The molecule has 6 aromatic rings. The van der Waals surface area contributed by atoms with Gasteiger partial charge in [0.15, 0.2) is 17.3 Å². The zero-order chi connectivity index (χ0) is 25.5. The minimum Gasteiger partial charge on any atom is -0.491 e. The Morgan fingerprint density at radius 1 is 1.03 bits per heavy atom. The van der Waals surface area contributed by atoms with E-state index in [1.165, 1.54) is 12.8 Å². The molecule has 6 aromatic heterocycles. The van der Waals surface area contributed by atoms with E-state index in [-0.39, 0.29) is 0 Å². The molecule has 190 valence electrons. The summed E-state index contributed by atoms with van der Waals surface area (Å²) in [5.41, 5.74) is 5.74. The molecule has 0 unspecified atom stereocenters. The number of rotatable bonds is 7. The summed E-state index contributed by atoms with van der Waals surface area (Å²) in [6, 6.07) is 5.96. The number of pyridine rings is 3. The maximum absolute atomic E-state index is 6.01. The molecular formula is C27H26N10O. The molecule has 0 spiro atoms. The lowest BCUT2D eigenvalue weighted by Gasteiger charge is -2.15. The van der Waals surface area contributed by atoms with Crippen LogP contribution in [0.1, 0.15) is 18.5 Å². The lowest BCUT2D eigenvalue weighted by molar-refractivity contribution is 0.237. The fourth-order valence-electron chi connectivity index (χ4n) is 4.96. The molecule has 11 heteroatoms. The number of hydrogen-bond donors (Lipinski definition) is 2. The largest absolute Gasteiger partial charge is 0.491 e. The summed E-state index contributed by atoms with van der Waals surface area (Å²) in [5.74, 6) is 2.12. The van der Waals surface area contributed by atoms with Crippen LogP contribution in [0.4, 0.5) is 0 Å². The lowest BCUT2D eigenvalue weighted by atomic mass is 10.1. The first-order valence-corrected chi connectivity index (χ1v) is 12.7. The molecule has 38 heavy (non-hydrogen) atoms. The van der Waals surface area contributed by atoms with Crippen LogP contribution >= 0.6 is 0 Å². The SMILES string of the molecule is Cc1cn(-c2nccc3[nH]c(-c4[nH]nc5ncc(-c6cncc(OCCN7CCCC7)c6)cc45)nc23)cn1. The molecule has 11 nitrogen and oxygen atoms in total. The number of H-pyrrole nitrogens is 2. The first-order chi connectivity index (χ1) is 18.7. The van der Waals surface area contributed by atoms with Gasteiger partial charge < -0.3 is 9.72 Å². The Balaban J connectivity index is 1.20. The van der Waals surface area contributed by atoms with Crippen LogP contribution in [0.2, 0.25) is 0 Å². The molecule has 7 rings (SSSR count). The highest BCUT2D eigenvalue weighted by atomic mass is 16.5. The van der Waals surface area contributed by atoms with Crippen LogP contribution in [0, 0.1) is 6.92 Å². The molecule has 1 aliphatic heterocycles. The van der Waals surface area contributed by atoms with E-state index in [4.69, 9.17) is 9.72 Å². The summed E-state index contributed by atoms with van der Waals surface area (Å²) in [7, 11) is 0. The second kappa shape index (κ2) is 9.34. The number of aromatic nitrogens is 9. The maximum Gasteiger partial charge on any atom is 0.181 e. The molecule has 2 N–H and O–H groups in total. The number of aryl methyl sites for hydroxylation is 1. The van der Waals surface area contributed by atoms with Crippen molar-refractivity contribution in [1.29, 1.82) is 0 Å². The van der Waals surface area contributed by atoms with Crippen molar-refractivity contribution < 1.29 is 4.74 Å². The van der Waals surface area contributed by atoms with Crippen molar-refractivity contribution in [3.05, 3.63) is 61.2 Å². The van der Waals surface area contributed by atoms with Crippen LogP contribution in [-0.4, -0.2) is 75.8 Å². The van der Waals surface area contributed by atoms with Gasteiger partial charge in [-0.15, -0.1) is 0 Å². The summed E-state index contributed by atoms with van der Waals surface area (Å²) >= 11 is 0. The number of imidazole rings is 2. The lowest BCUT2D eigenvalue weighted by Crippen LogP contribution is -2.25. The summed E-state index contributed by atoms with van der Waals surface area (Å²) in [5, 5.41) is 8.37. The van der Waals surface area contributed by atoms with E-state index >= 15 is 0 Å². The smallest absolute Gasteiger partial charge is 0.181 e. The van der Waals surface area contributed by atoms with Crippen molar-refractivity contribution in [3.63, 3.8) is 0 Å². The maximum atomic E-state index is 6.01. The molecule has 0 amide bonds. The van der Waals surface area contributed by atoms with Gasteiger partial charge >= 0.3 is 0 Å². The topological polar surface area (TPSA) is 126 Å². The van der Waals surface area contributed by atoms with Crippen molar-refractivity contribution in [2.45, 2.75) is 19.8 Å². The van der Waals surface area contributed by atoms with Gasteiger partial charge in [-0.2, -0.15) is 5.10 Å². The van der Waals surface area contributed by atoms with E-state index in [2.05, 4.69) is 46.1 Å². The van der Waals surface area contributed by atoms with E-state index in [1.807, 2.05) is 36.0 Å². The van der Waals surface area contributed by atoms with Gasteiger partial charge in [-0.1, -0.05) is 0 Å². The van der Waals surface area contributed by atoms with Crippen molar-refractivity contribution in [2.75, 3.05) is 26.2 Å². The quantitative estimate of drug-likeness (QED) is 0.334. The van der Waals surface area contributed by atoms with Gasteiger partial charge in [-0.05, 0) is 51.1 Å². The fraction of sp³-hybridized carbons (Fsp3) is 0.259. The molecular weight excluding hydrogens is 480 g/mol. The minimum absolute atomic E-state index is 0.610. The molecule has 7 heterocycles. The average molecular weight is 507 g/mol. The predicted octanol–water partition coefficient (Wildman–Crippen LogP) is 3.93. The van der Waals surface area contributed by atoms with E-state index in [0.717, 1.165) is 64.3 Å². The fourth-order valence-corrected chi connectivity index (χ4v) is 4.96. The number of nitrogens with one attached hydrogen (secondary N) is 2. The minimum atomic E-state index is 0.610. The van der Waals surface area contributed by atoms with Gasteiger partial charge in [0.05, 0.1) is 22.8 Å². The first-order valence-electron chi connectivity index (χ1n) is 12.7. The zero-order valence-corrected chi connectivity index (χ0v) is 20.9. The summed E-state index contributed by atoms with van der Waals surface area (Å²) in [6.45, 7) is 5.85. The second-order valence-electron chi connectivity index (χ2n) is 9.54. The molecule has 0 saturated carbocycles. The van der Waals surface area contributed by atoms with Crippen LogP contribution in [-0.2, 0) is 0 Å². The van der Waals surface area contributed by atoms with Gasteiger partial charge in [0.1, 0.15) is 29.9 Å². The molecule has 0 atom stereocenters. The third kappa shape index (κ3) is 4.16. The van der Waals surface area contributed by atoms with E-state index in [1.54, 1.807) is 24.9 Å². The van der Waals surface area contributed by atoms with Crippen LogP contribution in [0.25, 0.3) is 50.5 Å². The number of ether oxygens (including phenoxy) is 1. The van der Waals surface area contributed by atoms with Gasteiger partial charge in [-0.25, -0.2) is 19.9 Å². The molecule has 1 aliphatic rings. The van der Waals surface area contributed by atoms with Crippen molar-refractivity contribution in [1.82, 2.24) is 49.6 Å². The monoisotopic (exact) mass is 506 g/mol. The number of likely N-dealkylation sites (tertiary alicyclic amines) is 1. The van der Waals surface area contributed by atoms with Gasteiger partial charge in [0.25, 0.3) is 0 Å². The second-order valence-corrected chi connectivity index (χ2v) is 9.54. The van der Waals surface area contributed by atoms with E-state index in [0.29, 0.717) is 23.9 Å². The normalized spacial score (nSPS) is 14.1. The summed E-state index contributed by atoms with van der Waals surface area (Å²) in [6.07, 6.45) is 13.4. The summed E-state index contributed by atoms with van der Waals surface area (Å²) < 4.78 is 7.88. The predicted molar refractivity (Wildman–Crippen MR) is 143 cm³/mol. The number of hydrogen-bond acceptors (Lipinski definition) is 8. The first kappa shape index (κ1) is 22.5. The highest BCUT2D eigenvalue weighted by Crippen LogP contribution is 2.30. The van der Waals surface area contributed by atoms with E-state index in [9.17, 15) is 0 Å². The molecule has 0 radical (unpaired) electrons. The van der Waals surface area contributed by atoms with Gasteiger partial charge in [0.2, 0.25) is 0 Å².